The van der Waals surface area contributed by atoms with Crippen LogP contribution in [0.3, 0.4) is 0 Å². The van der Waals surface area contributed by atoms with Crippen LogP contribution in [0.5, 0.6) is 5.75 Å². The van der Waals surface area contributed by atoms with E-state index in [1.54, 1.807) is 12.1 Å². The number of phenols is 1. The largest absolute Gasteiger partial charge is 0.508 e. The molecule has 0 saturated carbocycles. The molecular weight excluding hydrogens is 292 g/mol. The van der Waals surface area contributed by atoms with E-state index in [1.807, 2.05) is 52.1 Å². The van der Waals surface area contributed by atoms with E-state index < -0.39 is 0 Å². The molecule has 5 heteroatoms. The monoisotopic (exact) mass is 308 g/mol. The Hall–Kier alpha value is -2.76. The average molecular weight is 308 g/mol. The summed E-state index contributed by atoms with van der Waals surface area (Å²) in [5.41, 5.74) is 3.41. The predicted octanol–water partition coefficient (Wildman–Crippen LogP) is 2.60. The SMILES string of the molecule is OCc1cn(-n2cc(CO)c3cc(O)ccc32)c2ccccc12. The highest BCUT2D eigenvalue weighted by molar-refractivity contribution is 5.88. The van der Waals surface area contributed by atoms with E-state index >= 15 is 0 Å². The molecule has 0 atom stereocenters. The van der Waals surface area contributed by atoms with Crippen LogP contribution < -0.4 is 0 Å². The van der Waals surface area contributed by atoms with Crippen LogP contribution in [-0.4, -0.2) is 24.7 Å². The van der Waals surface area contributed by atoms with Gasteiger partial charge in [-0.15, -0.1) is 0 Å². The van der Waals surface area contributed by atoms with Crippen molar-refractivity contribution in [3.05, 3.63) is 66.0 Å². The molecule has 4 aromatic rings. The summed E-state index contributed by atoms with van der Waals surface area (Å²) in [6.07, 6.45) is 3.73. The fraction of sp³-hybridized carbons (Fsp3) is 0.111. The Labute approximate surface area is 132 Å². The number of hydrogen-bond acceptors (Lipinski definition) is 3. The van der Waals surface area contributed by atoms with E-state index in [0.29, 0.717) is 0 Å². The Morgan fingerprint density at radius 1 is 0.739 bits per heavy atom. The van der Waals surface area contributed by atoms with Crippen molar-refractivity contribution in [1.29, 1.82) is 0 Å². The number of benzene rings is 2. The molecule has 0 saturated heterocycles. The summed E-state index contributed by atoms with van der Waals surface area (Å²) in [6, 6.07) is 12.9. The molecule has 3 N–H and O–H groups in total. The highest BCUT2D eigenvalue weighted by Gasteiger charge is 2.13. The first-order chi connectivity index (χ1) is 11.2. The van der Waals surface area contributed by atoms with Crippen LogP contribution in [0.4, 0.5) is 0 Å². The lowest BCUT2D eigenvalue weighted by Gasteiger charge is -2.09. The second-order valence-corrected chi connectivity index (χ2v) is 5.53. The number of aliphatic hydroxyl groups excluding tert-OH is 2. The van der Waals surface area contributed by atoms with Crippen molar-refractivity contribution in [3.63, 3.8) is 0 Å². The molecule has 116 valence electrons. The predicted molar refractivity (Wildman–Crippen MR) is 88.2 cm³/mol. The molecule has 0 aliphatic heterocycles. The lowest BCUT2D eigenvalue weighted by Crippen LogP contribution is -2.05. The third-order valence-electron chi connectivity index (χ3n) is 4.20. The summed E-state index contributed by atoms with van der Waals surface area (Å²) in [6.45, 7) is -0.153. The summed E-state index contributed by atoms with van der Waals surface area (Å²) in [7, 11) is 0. The van der Waals surface area contributed by atoms with Crippen LogP contribution in [0.15, 0.2) is 54.9 Å². The van der Waals surface area contributed by atoms with Crippen molar-refractivity contribution in [2.75, 3.05) is 0 Å². The lowest BCUT2D eigenvalue weighted by atomic mass is 10.2. The van der Waals surface area contributed by atoms with Gasteiger partial charge in [-0.1, -0.05) is 18.2 Å². The molecule has 0 aliphatic carbocycles. The number of hydrogen-bond donors (Lipinski definition) is 3. The Morgan fingerprint density at radius 3 is 2.04 bits per heavy atom. The second-order valence-electron chi connectivity index (χ2n) is 5.53. The summed E-state index contributed by atoms with van der Waals surface area (Å²) in [5.74, 6) is 0.165. The van der Waals surface area contributed by atoms with Crippen LogP contribution >= 0.6 is 0 Å². The smallest absolute Gasteiger partial charge is 0.116 e. The van der Waals surface area contributed by atoms with Crippen LogP contribution in [0.25, 0.3) is 21.8 Å². The topological polar surface area (TPSA) is 70.5 Å². The van der Waals surface area contributed by atoms with E-state index in [4.69, 9.17) is 0 Å². The van der Waals surface area contributed by atoms with Gasteiger partial charge >= 0.3 is 0 Å². The number of para-hydroxylation sites is 1. The molecule has 0 amide bonds. The van der Waals surface area contributed by atoms with Crippen molar-refractivity contribution >= 4 is 21.8 Å². The maximum atomic E-state index is 9.71. The van der Waals surface area contributed by atoms with Crippen LogP contribution in [0.2, 0.25) is 0 Å². The first-order valence-corrected chi connectivity index (χ1v) is 7.37. The normalized spacial score (nSPS) is 11.6. The first-order valence-electron chi connectivity index (χ1n) is 7.37. The van der Waals surface area contributed by atoms with Crippen LogP contribution in [0.1, 0.15) is 11.1 Å². The van der Waals surface area contributed by atoms with Gasteiger partial charge in [0.2, 0.25) is 0 Å². The summed E-state index contributed by atoms with van der Waals surface area (Å²) >= 11 is 0. The molecular formula is C18H16N2O3. The van der Waals surface area contributed by atoms with E-state index in [0.717, 1.165) is 32.9 Å². The van der Waals surface area contributed by atoms with Gasteiger partial charge in [-0.2, -0.15) is 0 Å². The van der Waals surface area contributed by atoms with Crippen molar-refractivity contribution in [2.24, 2.45) is 0 Å². The fourth-order valence-corrected chi connectivity index (χ4v) is 3.11. The molecule has 2 heterocycles. The van der Waals surface area contributed by atoms with Gasteiger partial charge in [0.1, 0.15) is 5.75 Å². The highest BCUT2D eigenvalue weighted by atomic mass is 16.3. The number of aromatic hydroxyl groups is 1. The summed E-state index contributed by atoms with van der Waals surface area (Å²) in [4.78, 5) is 0. The highest BCUT2D eigenvalue weighted by Crippen LogP contribution is 2.28. The van der Waals surface area contributed by atoms with E-state index in [-0.39, 0.29) is 19.0 Å². The number of fused-ring (bicyclic) bond motifs is 2. The third-order valence-corrected chi connectivity index (χ3v) is 4.20. The van der Waals surface area contributed by atoms with Gasteiger partial charge in [-0.3, -0.25) is 9.35 Å². The van der Waals surface area contributed by atoms with Crippen LogP contribution in [-0.2, 0) is 13.2 Å². The maximum Gasteiger partial charge on any atom is 0.116 e. The Balaban J connectivity index is 2.07. The van der Waals surface area contributed by atoms with Gasteiger partial charge in [-0.25, -0.2) is 0 Å². The van der Waals surface area contributed by atoms with Gasteiger partial charge in [0.25, 0.3) is 0 Å². The number of nitrogens with zero attached hydrogens (tertiary/aromatic N) is 2. The Morgan fingerprint density at radius 2 is 1.35 bits per heavy atom. The van der Waals surface area contributed by atoms with Gasteiger partial charge < -0.3 is 15.3 Å². The molecule has 5 nitrogen and oxygen atoms in total. The fourth-order valence-electron chi connectivity index (χ4n) is 3.11. The molecule has 0 unspecified atom stereocenters. The molecule has 0 bridgehead atoms. The van der Waals surface area contributed by atoms with Crippen molar-refractivity contribution in [3.8, 4) is 5.75 Å². The summed E-state index contributed by atoms with van der Waals surface area (Å²) < 4.78 is 3.86. The van der Waals surface area contributed by atoms with Crippen molar-refractivity contribution < 1.29 is 15.3 Å². The minimum Gasteiger partial charge on any atom is -0.508 e. The molecule has 2 aromatic carbocycles. The van der Waals surface area contributed by atoms with Gasteiger partial charge in [0.05, 0.1) is 24.2 Å². The van der Waals surface area contributed by atoms with E-state index in [2.05, 4.69) is 0 Å². The molecule has 0 radical (unpaired) electrons. The second kappa shape index (κ2) is 5.15. The van der Waals surface area contributed by atoms with Gasteiger partial charge in [-0.05, 0) is 24.3 Å². The molecule has 4 rings (SSSR count). The molecule has 2 aromatic heterocycles. The Bertz CT molecular complexity index is 1010. The third kappa shape index (κ3) is 2.02. The zero-order valence-electron chi connectivity index (χ0n) is 12.3. The molecule has 0 aliphatic rings. The lowest BCUT2D eigenvalue weighted by molar-refractivity contribution is 0.282. The zero-order chi connectivity index (χ0) is 16.0. The molecule has 0 spiro atoms. The van der Waals surface area contributed by atoms with Gasteiger partial charge in [0.15, 0.2) is 0 Å². The van der Waals surface area contributed by atoms with Crippen molar-refractivity contribution in [1.82, 2.24) is 9.35 Å². The number of aliphatic hydroxyl groups is 2. The minimum atomic E-state index is -0.112. The molecule has 23 heavy (non-hydrogen) atoms. The minimum absolute atomic E-state index is 0.0413. The Kier molecular flexibility index (Phi) is 3.11. The maximum absolute atomic E-state index is 9.71. The average Bonchev–Trinajstić information content (AvgIpc) is 3.12. The number of rotatable bonds is 3. The van der Waals surface area contributed by atoms with Crippen LogP contribution in [0, 0.1) is 0 Å². The van der Waals surface area contributed by atoms with E-state index in [9.17, 15) is 15.3 Å². The quantitative estimate of drug-likeness (QED) is 0.545. The number of aromatic nitrogens is 2. The van der Waals surface area contributed by atoms with Gasteiger partial charge in [0, 0.05) is 34.3 Å². The zero-order valence-corrected chi connectivity index (χ0v) is 12.3. The number of phenolic OH excluding ortho intramolecular Hbond substituents is 1. The van der Waals surface area contributed by atoms with Crippen molar-refractivity contribution in [2.45, 2.75) is 13.2 Å². The molecule has 0 fully saturated rings. The van der Waals surface area contributed by atoms with E-state index in [1.165, 1.54) is 0 Å². The first kappa shape index (κ1) is 13.9. The standard InChI is InChI=1S/C18H16N2O3/c21-10-12-8-19(17-4-2-1-3-15(12)17)20-9-13(11-22)16-7-14(23)5-6-18(16)20/h1-9,21-23H,10-11H2. The summed E-state index contributed by atoms with van der Waals surface area (Å²) in [5, 5.41) is 30.7.